The molecule has 5 heteroatoms. The zero-order valence-corrected chi connectivity index (χ0v) is 14.1. The summed E-state index contributed by atoms with van der Waals surface area (Å²) >= 11 is 0. The van der Waals surface area contributed by atoms with E-state index in [1.807, 2.05) is 6.07 Å². The molecule has 1 heterocycles. The first kappa shape index (κ1) is 15.7. The second-order valence-corrected chi connectivity index (χ2v) is 6.49. The summed E-state index contributed by atoms with van der Waals surface area (Å²) < 4.78 is 10.6. The Labute approximate surface area is 145 Å². The van der Waals surface area contributed by atoms with Gasteiger partial charge in [0.25, 0.3) is 0 Å². The van der Waals surface area contributed by atoms with Crippen molar-refractivity contribution in [2.24, 2.45) is 0 Å². The van der Waals surface area contributed by atoms with Gasteiger partial charge in [-0.1, -0.05) is 18.2 Å². The van der Waals surface area contributed by atoms with E-state index in [4.69, 9.17) is 9.47 Å². The van der Waals surface area contributed by atoms with Crippen LogP contribution in [-0.4, -0.2) is 18.5 Å². The number of hydrogen-bond donors (Lipinski definition) is 1. The highest BCUT2D eigenvalue weighted by Crippen LogP contribution is 2.37. The number of aryl methyl sites for hydroxylation is 2. The summed E-state index contributed by atoms with van der Waals surface area (Å²) in [5.74, 6) is 0.782. The third-order valence-corrected chi connectivity index (χ3v) is 4.69. The van der Waals surface area contributed by atoms with Crippen molar-refractivity contribution in [3.63, 3.8) is 0 Å². The highest BCUT2D eigenvalue weighted by Gasteiger charge is 2.20. The van der Waals surface area contributed by atoms with E-state index in [1.54, 1.807) is 12.1 Å². The third-order valence-electron chi connectivity index (χ3n) is 4.69. The van der Waals surface area contributed by atoms with Crippen molar-refractivity contribution in [3.05, 3.63) is 52.6 Å². The van der Waals surface area contributed by atoms with Crippen LogP contribution in [0.2, 0.25) is 0 Å². The number of ether oxygens (including phenoxy) is 2. The summed E-state index contributed by atoms with van der Waals surface area (Å²) in [6.45, 7) is 1.59. The molecule has 0 bridgehead atoms. The molecule has 2 aliphatic rings. The van der Waals surface area contributed by atoms with Crippen molar-refractivity contribution >= 4 is 17.4 Å². The van der Waals surface area contributed by atoms with Crippen molar-refractivity contribution in [1.29, 1.82) is 0 Å². The average Bonchev–Trinajstić information content (AvgIpc) is 3.21. The molecular weight excluding hydrogens is 318 g/mol. The maximum atomic E-state index is 12.5. The molecule has 0 aromatic heterocycles. The molecule has 0 saturated heterocycles. The number of ketones is 1. The molecule has 1 amide bonds. The fourth-order valence-electron chi connectivity index (χ4n) is 3.45. The van der Waals surface area contributed by atoms with E-state index < -0.39 is 0 Å². The second kappa shape index (κ2) is 6.24. The molecule has 2 aromatic carbocycles. The van der Waals surface area contributed by atoms with Gasteiger partial charge in [-0.2, -0.15) is 0 Å². The summed E-state index contributed by atoms with van der Waals surface area (Å²) in [5.41, 5.74) is 4.61. The molecule has 0 unspecified atom stereocenters. The van der Waals surface area contributed by atoms with E-state index >= 15 is 0 Å². The average molecular weight is 337 g/mol. The molecule has 128 valence electrons. The number of carbonyl (C=O) groups is 2. The van der Waals surface area contributed by atoms with E-state index in [9.17, 15) is 9.59 Å². The minimum Gasteiger partial charge on any atom is -0.454 e. The minimum absolute atomic E-state index is 0.124. The van der Waals surface area contributed by atoms with Crippen LogP contribution in [0, 0.1) is 0 Å². The smallest absolute Gasteiger partial charge is 0.231 e. The first-order chi connectivity index (χ1) is 12.1. The Hall–Kier alpha value is -2.82. The quantitative estimate of drug-likeness (QED) is 0.870. The molecule has 1 aliphatic carbocycles. The van der Waals surface area contributed by atoms with Crippen molar-refractivity contribution in [2.45, 2.75) is 32.6 Å². The van der Waals surface area contributed by atoms with Crippen LogP contribution in [0.15, 0.2) is 30.3 Å². The predicted octanol–water partition coefficient (Wildman–Crippen LogP) is 3.29. The highest BCUT2D eigenvalue weighted by atomic mass is 16.7. The number of Topliss-reactive ketones (excluding diaryl/α,β-unsaturated/α-hetero) is 1. The number of rotatable bonds is 4. The molecule has 25 heavy (non-hydrogen) atoms. The molecule has 1 N–H and O–H groups in total. The molecule has 0 atom stereocenters. The molecule has 0 radical (unpaired) electrons. The highest BCUT2D eigenvalue weighted by molar-refractivity contribution is 6.05. The van der Waals surface area contributed by atoms with Gasteiger partial charge in [0.2, 0.25) is 12.7 Å². The molecule has 1 aliphatic heterocycles. The number of fused-ring (bicyclic) bond motifs is 2. The van der Waals surface area contributed by atoms with E-state index in [-0.39, 0.29) is 24.9 Å². The predicted molar refractivity (Wildman–Crippen MR) is 93.4 cm³/mol. The zero-order valence-electron chi connectivity index (χ0n) is 14.1. The molecule has 0 spiro atoms. The normalized spacial score (nSPS) is 14.3. The lowest BCUT2D eigenvalue weighted by molar-refractivity contribution is -0.115. The number of anilines is 1. The van der Waals surface area contributed by atoms with Gasteiger partial charge in [-0.05, 0) is 48.9 Å². The molecule has 0 fully saturated rings. The first-order valence-corrected chi connectivity index (χ1v) is 8.45. The van der Waals surface area contributed by atoms with Crippen molar-refractivity contribution < 1.29 is 19.1 Å². The Morgan fingerprint density at radius 2 is 1.80 bits per heavy atom. The van der Waals surface area contributed by atoms with E-state index in [0.29, 0.717) is 22.7 Å². The standard InChI is InChI=1S/C20H19NO4/c1-12(22)16-9-18-19(25-11-24-18)10-17(16)21-20(23)8-13-5-6-14-3-2-4-15(14)7-13/h5-7,9-10H,2-4,8,11H2,1H3,(H,21,23). The van der Waals surface area contributed by atoms with Crippen LogP contribution in [0.1, 0.15) is 40.4 Å². The number of amides is 1. The molecule has 0 saturated carbocycles. The third kappa shape index (κ3) is 3.09. The van der Waals surface area contributed by atoms with Crippen LogP contribution in [0.25, 0.3) is 0 Å². The topological polar surface area (TPSA) is 64.6 Å². The largest absolute Gasteiger partial charge is 0.454 e. The van der Waals surface area contributed by atoms with Gasteiger partial charge in [0.1, 0.15) is 0 Å². The van der Waals surface area contributed by atoms with E-state index in [0.717, 1.165) is 18.4 Å². The fourth-order valence-corrected chi connectivity index (χ4v) is 3.45. The van der Waals surface area contributed by atoms with Gasteiger partial charge < -0.3 is 14.8 Å². The first-order valence-electron chi connectivity index (χ1n) is 8.45. The van der Waals surface area contributed by atoms with Gasteiger partial charge in [0.15, 0.2) is 17.3 Å². The monoisotopic (exact) mass is 337 g/mol. The second-order valence-electron chi connectivity index (χ2n) is 6.49. The molecule has 5 nitrogen and oxygen atoms in total. The van der Waals surface area contributed by atoms with E-state index in [1.165, 1.54) is 24.5 Å². The van der Waals surface area contributed by atoms with Crippen LogP contribution in [0.4, 0.5) is 5.69 Å². The minimum atomic E-state index is -0.153. The SMILES string of the molecule is CC(=O)c1cc2c(cc1NC(=O)Cc1ccc3c(c1)CCC3)OCO2. The fraction of sp³-hybridized carbons (Fsp3) is 0.300. The van der Waals surface area contributed by atoms with Gasteiger partial charge in [-0.3, -0.25) is 9.59 Å². The number of carbonyl (C=O) groups excluding carboxylic acids is 2. The van der Waals surface area contributed by atoms with Crippen molar-refractivity contribution in [1.82, 2.24) is 0 Å². The van der Waals surface area contributed by atoms with Gasteiger partial charge >= 0.3 is 0 Å². The lowest BCUT2D eigenvalue weighted by atomic mass is 10.0. The van der Waals surface area contributed by atoms with Crippen molar-refractivity contribution in [2.75, 3.05) is 12.1 Å². The van der Waals surface area contributed by atoms with Crippen LogP contribution < -0.4 is 14.8 Å². The zero-order chi connectivity index (χ0) is 17.4. The van der Waals surface area contributed by atoms with Crippen LogP contribution in [0.3, 0.4) is 0 Å². The maximum Gasteiger partial charge on any atom is 0.231 e. The molecule has 2 aromatic rings. The molecule has 4 rings (SSSR count). The summed E-state index contributed by atoms with van der Waals surface area (Å²) in [7, 11) is 0. The van der Waals surface area contributed by atoms with Gasteiger partial charge in [-0.25, -0.2) is 0 Å². The molecular formula is C20H19NO4. The Bertz CT molecular complexity index is 872. The lowest BCUT2D eigenvalue weighted by Crippen LogP contribution is -2.16. The van der Waals surface area contributed by atoms with Gasteiger partial charge in [0.05, 0.1) is 12.1 Å². The summed E-state index contributed by atoms with van der Waals surface area (Å²) in [4.78, 5) is 24.3. The van der Waals surface area contributed by atoms with Crippen LogP contribution in [-0.2, 0) is 24.1 Å². The van der Waals surface area contributed by atoms with Crippen LogP contribution >= 0.6 is 0 Å². The Morgan fingerprint density at radius 3 is 2.60 bits per heavy atom. The summed E-state index contributed by atoms with van der Waals surface area (Å²) in [5, 5.41) is 2.84. The van der Waals surface area contributed by atoms with Crippen LogP contribution in [0.5, 0.6) is 11.5 Å². The number of hydrogen-bond acceptors (Lipinski definition) is 4. The number of nitrogens with one attached hydrogen (secondary N) is 1. The lowest BCUT2D eigenvalue weighted by Gasteiger charge is -2.11. The Balaban J connectivity index is 1.53. The van der Waals surface area contributed by atoms with E-state index in [2.05, 4.69) is 17.4 Å². The Morgan fingerprint density at radius 1 is 1.04 bits per heavy atom. The number of benzene rings is 2. The summed E-state index contributed by atoms with van der Waals surface area (Å²) in [6.07, 6.45) is 3.67. The van der Waals surface area contributed by atoms with Gasteiger partial charge in [-0.15, -0.1) is 0 Å². The maximum absolute atomic E-state index is 12.5. The van der Waals surface area contributed by atoms with Gasteiger partial charge in [0, 0.05) is 11.6 Å². The van der Waals surface area contributed by atoms with Crippen molar-refractivity contribution in [3.8, 4) is 11.5 Å². The summed E-state index contributed by atoms with van der Waals surface area (Å²) in [6, 6.07) is 9.52. The Kier molecular flexibility index (Phi) is 3.92.